The molecule has 1 saturated heterocycles. The summed E-state index contributed by atoms with van der Waals surface area (Å²) in [5.41, 5.74) is -0.244. The van der Waals surface area contributed by atoms with E-state index in [9.17, 15) is 9.59 Å². The van der Waals surface area contributed by atoms with Gasteiger partial charge in [0.05, 0.1) is 11.7 Å². The number of nitrogens with zero attached hydrogens (tertiary/aromatic N) is 4. The van der Waals surface area contributed by atoms with Crippen LogP contribution in [0.4, 0.5) is 5.95 Å². The van der Waals surface area contributed by atoms with Gasteiger partial charge in [-0.05, 0) is 24.3 Å². The van der Waals surface area contributed by atoms with Gasteiger partial charge < -0.3 is 4.74 Å². The number of fused-ring (bicyclic) bond motifs is 1. The first-order chi connectivity index (χ1) is 11.7. The van der Waals surface area contributed by atoms with Crippen LogP contribution in [0.3, 0.4) is 0 Å². The minimum Gasteiger partial charge on any atom is -0.370 e. The number of ether oxygens (including phenoxy) is 1. The third kappa shape index (κ3) is 2.81. The number of aromatic nitrogens is 5. The molecular weight excluding hydrogens is 332 g/mol. The van der Waals surface area contributed by atoms with E-state index >= 15 is 0 Å². The smallest absolute Gasteiger partial charge is 0.262 e. The number of rotatable bonds is 4. The molecule has 0 radical (unpaired) electrons. The van der Waals surface area contributed by atoms with Crippen molar-refractivity contribution in [3.8, 4) is 0 Å². The van der Waals surface area contributed by atoms with Crippen LogP contribution < -0.4 is 10.9 Å². The highest BCUT2D eigenvalue weighted by Crippen LogP contribution is 2.26. The summed E-state index contributed by atoms with van der Waals surface area (Å²) in [6.07, 6.45) is 3.13. The van der Waals surface area contributed by atoms with Gasteiger partial charge in [-0.2, -0.15) is 4.98 Å². The zero-order valence-corrected chi connectivity index (χ0v) is 13.4. The number of thiophene rings is 1. The zero-order valence-electron chi connectivity index (χ0n) is 12.6. The first-order valence-electron chi connectivity index (χ1n) is 7.47. The third-order valence-electron chi connectivity index (χ3n) is 3.75. The molecule has 4 heterocycles. The fraction of sp³-hybridized carbons (Fsp3) is 0.357. The number of anilines is 1. The first kappa shape index (κ1) is 15.0. The van der Waals surface area contributed by atoms with Crippen LogP contribution in [0.15, 0.2) is 22.6 Å². The first-order valence-corrected chi connectivity index (χ1v) is 8.35. The molecule has 1 fully saturated rings. The van der Waals surface area contributed by atoms with Gasteiger partial charge in [0.2, 0.25) is 11.9 Å². The maximum absolute atomic E-state index is 12.3. The van der Waals surface area contributed by atoms with Crippen molar-refractivity contribution in [1.82, 2.24) is 24.7 Å². The van der Waals surface area contributed by atoms with Crippen molar-refractivity contribution in [2.75, 3.05) is 11.9 Å². The molecule has 0 unspecified atom stereocenters. The molecule has 10 heteroatoms. The Balaban J connectivity index is 1.46. The van der Waals surface area contributed by atoms with Gasteiger partial charge in [0.1, 0.15) is 17.5 Å². The molecule has 1 aliphatic heterocycles. The van der Waals surface area contributed by atoms with Crippen molar-refractivity contribution >= 4 is 33.4 Å². The molecule has 0 aromatic carbocycles. The van der Waals surface area contributed by atoms with Crippen LogP contribution in [0.25, 0.3) is 10.2 Å². The molecule has 4 rings (SSSR count). The maximum atomic E-state index is 12.3. The van der Waals surface area contributed by atoms with Crippen LogP contribution >= 0.6 is 11.3 Å². The maximum Gasteiger partial charge on any atom is 0.262 e. The minimum atomic E-state index is -0.397. The second-order valence-electron chi connectivity index (χ2n) is 5.41. The summed E-state index contributed by atoms with van der Waals surface area (Å²) < 4.78 is 6.76. The lowest BCUT2D eigenvalue weighted by atomic mass is 10.2. The van der Waals surface area contributed by atoms with Crippen LogP contribution in [-0.4, -0.2) is 37.2 Å². The summed E-state index contributed by atoms with van der Waals surface area (Å²) in [6.45, 7) is 0.551. The molecular formula is C14H14N6O3S. The second-order valence-corrected chi connectivity index (χ2v) is 6.31. The summed E-state index contributed by atoms with van der Waals surface area (Å²) >= 11 is 1.39. The highest BCUT2D eigenvalue weighted by atomic mass is 32.1. The van der Waals surface area contributed by atoms with E-state index in [1.807, 2.05) is 0 Å². The van der Waals surface area contributed by atoms with E-state index in [0.29, 0.717) is 22.6 Å². The van der Waals surface area contributed by atoms with Crippen LogP contribution in [0, 0.1) is 0 Å². The quantitative estimate of drug-likeness (QED) is 0.730. The lowest BCUT2D eigenvalue weighted by molar-refractivity contribution is -0.116. The van der Waals surface area contributed by atoms with Crippen molar-refractivity contribution in [2.45, 2.75) is 25.5 Å². The molecule has 0 spiro atoms. The SMILES string of the molecule is O=C(Cn1cnc2sccc2c1=O)Nc1n[nH]c([C@H]2CCCO2)n1. The average molecular weight is 346 g/mol. The Labute approximate surface area is 139 Å². The van der Waals surface area contributed by atoms with E-state index in [1.54, 1.807) is 11.4 Å². The Kier molecular flexibility index (Phi) is 3.82. The molecule has 24 heavy (non-hydrogen) atoms. The molecule has 9 nitrogen and oxygen atoms in total. The van der Waals surface area contributed by atoms with E-state index in [2.05, 4.69) is 25.5 Å². The molecule has 1 aliphatic rings. The Bertz CT molecular complexity index is 939. The predicted molar refractivity (Wildman–Crippen MR) is 86.8 cm³/mol. The molecule has 1 atom stereocenters. The zero-order chi connectivity index (χ0) is 16.5. The van der Waals surface area contributed by atoms with Crippen LogP contribution in [0.2, 0.25) is 0 Å². The number of H-pyrrole nitrogens is 1. The Morgan fingerprint density at radius 2 is 2.46 bits per heavy atom. The number of carbonyl (C=O) groups excluding carboxylic acids is 1. The molecule has 0 saturated carbocycles. The minimum absolute atomic E-state index is 0.101. The molecule has 0 bridgehead atoms. The largest absolute Gasteiger partial charge is 0.370 e. The fourth-order valence-electron chi connectivity index (χ4n) is 2.59. The van der Waals surface area contributed by atoms with E-state index in [1.165, 1.54) is 22.2 Å². The highest BCUT2D eigenvalue weighted by Gasteiger charge is 2.21. The van der Waals surface area contributed by atoms with Crippen LogP contribution in [-0.2, 0) is 16.1 Å². The van der Waals surface area contributed by atoms with Gasteiger partial charge >= 0.3 is 0 Å². The molecule has 124 valence electrons. The number of amides is 1. The van der Waals surface area contributed by atoms with Crippen molar-refractivity contribution in [2.24, 2.45) is 0 Å². The van der Waals surface area contributed by atoms with Gasteiger partial charge in [0, 0.05) is 6.61 Å². The fourth-order valence-corrected chi connectivity index (χ4v) is 3.32. The molecule has 3 aromatic heterocycles. The van der Waals surface area contributed by atoms with E-state index in [-0.39, 0.29) is 24.2 Å². The van der Waals surface area contributed by atoms with Crippen molar-refractivity contribution in [1.29, 1.82) is 0 Å². The summed E-state index contributed by atoms with van der Waals surface area (Å²) in [6, 6.07) is 1.70. The van der Waals surface area contributed by atoms with E-state index in [4.69, 9.17) is 4.74 Å². The van der Waals surface area contributed by atoms with Gasteiger partial charge in [-0.3, -0.25) is 24.6 Å². The van der Waals surface area contributed by atoms with Gasteiger partial charge in [-0.25, -0.2) is 4.98 Å². The Morgan fingerprint density at radius 3 is 3.29 bits per heavy atom. The second kappa shape index (κ2) is 6.13. The van der Waals surface area contributed by atoms with Crippen molar-refractivity contribution < 1.29 is 9.53 Å². The Morgan fingerprint density at radius 1 is 1.54 bits per heavy atom. The lowest BCUT2D eigenvalue weighted by Gasteiger charge is -2.05. The molecule has 2 N–H and O–H groups in total. The standard InChI is InChI=1S/C14H14N6O3S/c21-10(6-20-7-15-12-8(13(20)22)3-5-24-12)16-14-17-11(18-19-14)9-2-1-4-23-9/h3,5,7,9H,1-2,4,6H2,(H2,16,17,18,19,21)/t9-/m1/s1. The number of hydrogen-bond acceptors (Lipinski definition) is 7. The summed E-state index contributed by atoms with van der Waals surface area (Å²) in [7, 11) is 0. The summed E-state index contributed by atoms with van der Waals surface area (Å²) in [5, 5.41) is 11.6. The Hall–Kier alpha value is -2.59. The number of carbonyl (C=O) groups is 1. The van der Waals surface area contributed by atoms with E-state index in [0.717, 1.165) is 12.8 Å². The number of aromatic amines is 1. The van der Waals surface area contributed by atoms with Gasteiger partial charge in [-0.1, -0.05) is 0 Å². The summed E-state index contributed by atoms with van der Waals surface area (Å²) in [4.78, 5) is 33.4. The van der Waals surface area contributed by atoms with Gasteiger partial charge in [0.25, 0.3) is 5.56 Å². The number of hydrogen-bond donors (Lipinski definition) is 2. The average Bonchev–Trinajstić information content (AvgIpc) is 3.29. The van der Waals surface area contributed by atoms with E-state index < -0.39 is 5.91 Å². The topological polar surface area (TPSA) is 115 Å². The molecule has 3 aromatic rings. The van der Waals surface area contributed by atoms with Crippen molar-refractivity contribution in [3.05, 3.63) is 34.0 Å². The van der Waals surface area contributed by atoms with Gasteiger partial charge in [-0.15, -0.1) is 16.4 Å². The van der Waals surface area contributed by atoms with Gasteiger partial charge in [0.15, 0.2) is 5.82 Å². The monoisotopic (exact) mass is 346 g/mol. The van der Waals surface area contributed by atoms with Crippen LogP contribution in [0.5, 0.6) is 0 Å². The predicted octanol–water partition coefficient (Wildman–Crippen LogP) is 1.07. The third-order valence-corrected chi connectivity index (χ3v) is 4.57. The lowest BCUT2D eigenvalue weighted by Crippen LogP contribution is -2.27. The normalized spacial score (nSPS) is 17.4. The summed E-state index contributed by atoms with van der Waals surface area (Å²) in [5.74, 6) is 0.371. The molecule has 0 aliphatic carbocycles. The van der Waals surface area contributed by atoms with Crippen molar-refractivity contribution in [3.63, 3.8) is 0 Å². The molecule has 1 amide bonds. The highest BCUT2D eigenvalue weighted by molar-refractivity contribution is 7.16. The number of nitrogens with one attached hydrogen (secondary N) is 2. The van der Waals surface area contributed by atoms with Crippen LogP contribution in [0.1, 0.15) is 24.8 Å².